The van der Waals surface area contributed by atoms with Gasteiger partial charge in [-0.2, -0.15) is 0 Å². The molecule has 1 N–H and O–H groups in total. The minimum atomic E-state index is 0. The van der Waals surface area contributed by atoms with Gasteiger partial charge in [0.15, 0.2) is 18.9 Å². The summed E-state index contributed by atoms with van der Waals surface area (Å²) in [5, 5.41) is 11.4. The summed E-state index contributed by atoms with van der Waals surface area (Å²) in [6.07, 6.45) is 9.51. The van der Waals surface area contributed by atoms with Crippen LogP contribution < -0.4 is 21.5 Å². The van der Waals surface area contributed by atoms with Crippen molar-refractivity contribution in [1.29, 1.82) is 0 Å². The Bertz CT molecular complexity index is 536. The standard InChI is InChI=1S/C15H14N2O.BrH/c18-16-13-15-8-11-17(12-9-15)10-4-7-14-5-2-1-3-6-14;/h1-9,11-13H,10H2;1H/b7-4-;. The number of halogens is 1. The zero-order chi connectivity index (χ0) is 12.6. The van der Waals surface area contributed by atoms with Gasteiger partial charge in [0.25, 0.3) is 0 Å². The molecule has 2 rings (SSSR count). The molecule has 3 nitrogen and oxygen atoms in total. The first-order valence-electron chi connectivity index (χ1n) is 5.76. The summed E-state index contributed by atoms with van der Waals surface area (Å²) in [5.74, 6) is 0. The van der Waals surface area contributed by atoms with E-state index in [9.17, 15) is 0 Å². The predicted molar refractivity (Wildman–Crippen MR) is 71.5 cm³/mol. The number of allylic oxidation sites excluding steroid dienone is 1. The van der Waals surface area contributed by atoms with Crippen molar-refractivity contribution in [2.24, 2.45) is 5.16 Å². The Morgan fingerprint density at radius 2 is 1.68 bits per heavy atom. The zero-order valence-electron chi connectivity index (χ0n) is 10.4. The molecule has 0 bridgehead atoms. The number of oxime groups is 1. The molecule has 19 heavy (non-hydrogen) atoms. The Morgan fingerprint density at radius 1 is 1.00 bits per heavy atom. The number of hydrogen-bond donors (Lipinski definition) is 1. The third kappa shape index (κ3) is 5.06. The van der Waals surface area contributed by atoms with E-state index in [1.165, 1.54) is 11.8 Å². The predicted octanol–water partition coefficient (Wildman–Crippen LogP) is -0.500. The highest BCUT2D eigenvalue weighted by Crippen LogP contribution is 2.00. The summed E-state index contributed by atoms with van der Waals surface area (Å²) in [6.45, 7) is 0.811. The van der Waals surface area contributed by atoms with Crippen LogP contribution in [0.2, 0.25) is 0 Å². The lowest BCUT2D eigenvalue weighted by atomic mass is 10.2. The molecule has 0 fully saturated rings. The highest BCUT2D eigenvalue weighted by Gasteiger charge is 1.96. The number of rotatable bonds is 4. The second-order valence-corrected chi connectivity index (χ2v) is 3.89. The molecule has 1 aromatic carbocycles. The van der Waals surface area contributed by atoms with Gasteiger partial charge in [0, 0.05) is 17.7 Å². The molecule has 1 heterocycles. The van der Waals surface area contributed by atoms with Gasteiger partial charge in [0.05, 0.1) is 6.21 Å². The largest absolute Gasteiger partial charge is 1.00 e. The normalized spacial score (nSPS) is 10.7. The minimum absolute atomic E-state index is 0. The van der Waals surface area contributed by atoms with Crippen molar-refractivity contribution in [2.75, 3.05) is 0 Å². The molecule has 0 spiro atoms. The molecule has 0 aliphatic rings. The second kappa shape index (κ2) is 8.21. The summed E-state index contributed by atoms with van der Waals surface area (Å²) < 4.78 is 2.05. The molecule has 0 atom stereocenters. The molecule has 0 amide bonds. The molecule has 0 unspecified atom stereocenters. The van der Waals surface area contributed by atoms with Crippen LogP contribution in [0.25, 0.3) is 6.08 Å². The summed E-state index contributed by atoms with van der Waals surface area (Å²) in [6, 6.07) is 14.0. The van der Waals surface area contributed by atoms with Gasteiger partial charge in [-0.05, 0) is 11.6 Å². The van der Waals surface area contributed by atoms with E-state index < -0.39 is 0 Å². The van der Waals surface area contributed by atoms with Gasteiger partial charge in [0.1, 0.15) is 0 Å². The molecular formula is C15H15BrN2O. The fourth-order valence-electron chi connectivity index (χ4n) is 1.62. The Balaban J connectivity index is 0.00000180. The molecule has 0 saturated heterocycles. The second-order valence-electron chi connectivity index (χ2n) is 3.89. The smallest absolute Gasteiger partial charge is 0.169 e. The Labute approximate surface area is 123 Å². The van der Waals surface area contributed by atoms with E-state index in [2.05, 4.69) is 29.4 Å². The third-order valence-corrected chi connectivity index (χ3v) is 2.55. The van der Waals surface area contributed by atoms with Gasteiger partial charge in [0.2, 0.25) is 0 Å². The summed E-state index contributed by atoms with van der Waals surface area (Å²) >= 11 is 0. The van der Waals surface area contributed by atoms with Crippen LogP contribution in [-0.4, -0.2) is 11.4 Å². The van der Waals surface area contributed by atoms with Crippen molar-refractivity contribution in [1.82, 2.24) is 0 Å². The third-order valence-electron chi connectivity index (χ3n) is 2.55. The average Bonchev–Trinajstić information content (AvgIpc) is 2.42. The minimum Gasteiger partial charge on any atom is -1.00 e. The number of benzene rings is 1. The summed E-state index contributed by atoms with van der Waals surface area (Å²) in [5.41, 5.74) is 2.07. The molecule has 0 saturated carbocycles. The van der Waals surface area contributed by atoms with E-state index in [1.54, 1.807) is 0 Å². The molecule has 0 radical (unpaired) electrons. The van der Waals surface area contributed by atoms with E-state index in [0.717, 1.165) is 12.1 Å². The van der Waals surface area contributed by atoms with Crippen molar-refractivity contribution in [3.63, 3.8) is 0 Å². The lowest BCUT2D eigenvalue weighted by Gasteiger charge is -1.93. The molecule has 0 aliphatic heterocycles. The quantitative estimate of drug-likeness (QED) is 0.351. The van der Waals surface area contributed by atoms with E-state index in [0.29, 0.717) is 0 Å². The lowest BCUT2D eigenvalue weighted by Crippen LogP contribution is -3.00. The van der Waals surface area contributed by atoms with E-state index in [4.69, 9.17) is 5.21 Å². The SMILES string of the molecule is O/N=C/c1cc[n+](C/C=C\c2ccccc2)cc1.[Br-]. The van der Waals surface area contributed by atoms with Crippen LogP contribution in [0.4, 0.5) is 0 Å². The van der Waals surface area contributed by atoms with Crippen LogP contribution in [0.15, 0.2) is 66.1 Å². The average molecular weight is 319 g/mol. The Kier molecular flexibility index (Phi) is 6.53. The first kappa shape index (κ1) is 15.1. The highest BCUT2D eigenvalue weighted by atomic mass is 79.9. The zero-order valence-corrected chi connectivity index (χ0v) is 11.9. The van der Waals surface area contributed by atoms with Crippen LogP contribution in [0.1, 0.15) is 11.1 Å². The van der Waals surface area contributed by atoms with Crippen molar-refractivity contribution >= 4 is 12.3 Å². The van der Waals surface area contributed by atoms with Crippen molar-refractivity contribution in [3.05, 3.63) is 72.1 Å². The Hall–Kier alpha value is -1.94. The number of pyridine rings is 1. The maximum absolute atomic E-state index is 8.41. The fourth-order valence-corrected chi connectivity index (χ4v) is 1.62. The maximum Gasteiger partial charge on any atom is 0.169 e. The van der Waals surface area contributed by atoms with Gasteiger partial charge in [-0.3, -0.25) is 0 Å². The monoisotopic (exact) mass is 318 g/mol. The van der Waals surface area contributed by atoms with Gasteiger partial charge < -0.3 is 22.2 Å². The Morgan fingerprint density at radius 3 is 2.32 bits per heavy atom. The molecular weight excluding hydrogens is 304 g/mol. The maximum atomic E-state index is 8.41. The van der Waals surface area contributed by atoms with E-state index in [-0.39, 0.29) is 17.0 Å². The first-order valence-corrected chi connectivity index (χ1v) is 5.76. The molecule has 98 valence electrons. The van der Waals surface area contributed by atoms with Gasteiger partial charge in [-0.1, -0.05) is 41.6 Å². The van der Waals surface area contributed by atoms with Gasteiger partial charge in [-0.15, -0.1) is 0 Å². The fraction of sp³-hybridized carbons (Fsp3) is 0.0667. The molecule has 0 aliphatic carbocycles. The molecule has 2 aromatic rings. The topological polar surface area (TPSA) is 36.5 Å². The molecule has 4 heteroatoms. The highest BCUT2D eigenvalue weighted by molar-refractivity contribution is 5.78. The van der Waals surface area contributed by atoms with E-state index in [1.807, 2.05) is 47.3 Å². The number of aromatic nitrogens is 1. The summed E-state index contributed by atoms with van der Waals surface area (Å²) in [7, 11) is 0. The van der Waals surface area contributed by atoms with Crippen LogP contribution in [-0.2, 0) is 6.54 Å². The van der Waals surface area contributed by atoms with Crippen LogP contribution in [0, 0.1) is 0 Å². The van der Waals surface area contributed by atoms with Crippen LogP contribution in [0.5, 0.6) is 0 Å². The lowest BCUT2D eigenvalue weighted by molar-refractivity contribution is -0.686. The summed E-state index contributed by atoms with van der Waals surface area (Å²) in [4.78, 5) is 0. The van der Waals surface area contributed by atoms with E-state index >= 15 is 0 Å². The van der Waals surface area contributed by atoms with Crippen molar-refractivity contribution in [2.45, 2.75) is 6.54 Å². The number of nitrogens with zero attached hydrogens (tertiary/aromatic N) is 2. The first-order chi connectivity index (χ1) is 8.88. The van der Waals surface area contributed by atoms with Crippen molar-refractivity contribution < 1.29 is 26.8 Å². The van der Waals surface area contributed by atoms with Crippen LogP contribution in [0.3, 0.4) is 0 Å². The molecule has 1 aromatic heterocycles. The van der Waals surface area contributed by atoms with Crippen LogP contribution >= 0.6 is 0 Å². The van der Waals surface area contributed by atoms with Gasteiger partial charge in [-0.25, -0.2) is 4.57 Å². The number of hydrogen-bond acceptors (Lipinski definition) is 2. The van der Waals surface area contributed by atoms with Gasteiger partial charge >= 0.3 is 0 Å². The van der Waals surface area contributed by atoms with Crippen molar-refractivity contribution in [3.8, 4) is 0 Å².